The van der Waals surface area contributed by atoms with Gasteiger partial charge in [-0.15, -0.1) is 0 Å². The van der Waals surface area contributed by atoms with E-state index in [2.05, 4.69) is 11.9 Å². The molecule has 0 aliphatic rings. The van der Waals surface area contributed by atoms with Crippen molar-refractivity contribution in [2.75, 3.05) is 0 Å². The van der Waals surface area contributed by atoms with Crippen LogP contribution in [0.2, 0.25) is 0 Å². The van der Waals surface area contributed by atoms with Crippen molar-refractivity contribution in [2.24, 2.45) is 0 Å². The van der Waals surface area contributed by atoms with Crippen LogP contribution in [-0.2, 0) is 12.0 Å². The molecule has 0 aliphatic carbocycles. The van der Waals surface area contributed by atoms with Crippen LogP contribution in [0.4, 0.5) is 0 Å². The summed E-state index contributed by atoms with van der Waals surface area (Å²) in [5.74, 6) is 0. The number of pyridine rings is 1. The van der Waals surface area contributed by atoms with E-state index in [0.29, 0.717) is 5.69 Å². The molecule has 1 unspecified atom stereocenters. The maximum atomic E-state index is 10.7. The van der Waals surface area contributed by atoms with Crippen LogP contribution in [-0.4, -0.2) is 10.1 Å². The van der Waals surface area contributed by atoms with E-state index in [1.54, 1.807) is 6.92 Å². The molecular formula is C17H21NO. The van der Waals surface area contributed by atoms with Crippen LogP contribution in [0.15, 0.2) is 48.5 Å². The molecule has 0 amide bonds. The van der Waals surface area contributed by atoms with Crippen LogP contribution in [0.3, 0.4) is 0 Å². The highest BCUT2D eigenvalue weighted by atomic mass is 16.3. The summed E-state index contributed by atoms with van der Waals surface area (Å²) in [6.45, 7) is 3.97. The number of aryl methyl sites for hydroxylation is 1. The number of aliphatic hydroxyl groups is 1. The van der Waals surface area contributed by atoms with Gasteiger partial charge in [-0.05, 0) is 37.5 Å². The zero-order valence-electron chi connectivity index (χ0n) is 11.6. The van der Waals surface area contributed by atoms with Gasteiger partial charge >= 0.3 is 0 Å². The van der Waals surface area contributed by atoms with Gasteiger partial charge in [0.1, 0.15) is 5.60 Å². The van der Waals surface area contributed by atoms with E-state index in [9.17, 15) is 5.11 Å². The third kappa shape index (κ3) is 3.21. The zero-order chi connectivity index (χ0) is 13.7. The first kappa shape index (κ1) is 13.8. The molecule has 100 valence electrons. The number of benzene rings is 1. The highest BCUT2D eigenvalue weighted by Gasteiger charge is 2.26. The molecule has 1 aromatic heterocycles. The van der Waals surface area contributed by atoms with Crippen LogP contribution >= 0.6 is 0 Å². The van der Waals surface area contributed by atoms with E-state index in [1.807, 2.05) is 48.5 Å². The molecule has 2 aromatic rings. The lowest BCUT2D eigenvalue weighted by molar-refractivity contribution is 0.0971. The highest BCUT2D eigenvalue weighted by Crippen LogP contribution is 2.27. The molecular weight excluding hydrogens is 234 g/mol. The van der Waals surface area contributed by atoms with Crippen molar-refractivity contribution in [3.05, 3.63) is 65.5 Å². The Morgan fingerprint density at radius 2 is 1.79 bits per heavy atom. The number of rotatable bonds is 5. The maximum Gasteiger partial charge on any atom is 0.129 e. The Balaban J connectivity index is 2.30. The molecule has 0 spiro atoms. The van der Waals surface area contributed by atoms with E-state index in [1.165, 1.54) is 0 Å². The Kier molecular flexibility index (Phi) is 4.33. The fourth-order valence-corrected chi connectivity index (χ4v) is 2.16. The van der Waals surface area contributed by atoms with Gasteiger partial charge in [0.15, 0.2) is 0 Å². The second-order valence-electron chi connectivity index (χ2n) is 5.06. The summed E-state index contributed by atoms with van der Waals surface area (Å²) in [7, 11) is 0. The van der Waals surface area contributed by atoms with Crippen molar-refractivity contribution in [3.8, 4) is 0 Å². The van der Waals surface area contributed by atoms with Gasteiger partial charge in [-0.3, -0.25) is 4.98 Å². The van der Waals surface area contributed by atoms with E-state index in [-0.39, 0.29) is 0 Å². The SMILES string of the molecule is CCCCc1cccc(C(C)(O)c2ccccc2)n1. The fourth-order valence-electron chi connectivity index (χ4n) is 2.16. The van der Waals surface area contributed by atoms with Crippen molar-refractivity contribution in [1.29, 1.82) is 0 Å². The molecule has 0 bridgehead atoms. The molecule has 0 saturated carbocycles. The lowest BCUT2D eigenvalue weighted by Gasteiger charge is -2.23. The Labute approximate surface area is 115 Å². The molecule has 1 aromatic carbocycles. The van der Waals surface area contributed by atoms with Crippen molar-refractivity contribution < 1.29 is 5.11 Å². The summed E-state index contributed by atoms with van der Waals surface area (Å²) in [6.07, 6.45) is 3.25. The van der Waals surface area contributed by atoms with Crippen LogP contribution in [0.1, 0.15) is 43.6 Å². The predicted octanol–water partition coefficient (Wildman–Crippen LogP) is 3.68. The van der Waals surface area contributed by atoms with Gasteiger partial charge in [0, 0.05) is 5.69 Å². The third-order valence-electron chi connectivity index (χ3n) is 3.43. The smallest absolute Gasteiger partial charge is 0.129 e. The number of unbranched alkanes of at least 4 members (excludes halogenated alkanes) is 1. The monoisotopic (exact) mass is 255 g/mol. The molecule has 0 radical (unpaired) electrons. The number of aromatic nitrogens is 1. The Hall–Kier alpha value is -1.67. The predicted molar refractivity (Wildman–Crippen MR) is 78.0 cm³/mol. The zero-order valence-corrected chi connectivity index (χ0v) is 11.6. The summed E-state index contributed by atoms with van der Waals surface area (Å²) < 4.78 is 0. The van der Waals surface area contributed by atoms with Gasteiger partial charge in [-0.2, -0.15) is 0 Å². The lowest BCUT2D eigenvalue weighted by atomic mass is 9.92. The molecule has 0 fully saturated rings. The molecule has 1 atom stereocenters. The molecule has 0 aliphatic heterocycles. The summed E-state index contributed by atoms with van der Waals surface area (Å²) >= 11 is 0. The van der Waals surface area contributed by atoms with Crippen LogP contribution in [0.25, 0.3) is 0 Å². The molecule has 2 nitrogen and oxygen atoms in total. The van der Waals surface area contributed by atoms with E-state index < -0.39 is 5.60 Å². The Morgan fingerprint density at radius 1 is 1.05 bits per heavy atom. The molecule has 2 heteroatoms. The number of nitrogens with zero attached hydrogens (tertiary/aromatic N) is 1. The van der Waals surface area contributed by atoms with Crippen molar-refractivity contribution in [3.63, 3.8) is 0 Å². The normalized spacial score (nSPS) is 14.1. The largest absolute Gasteiger partial charge is 0.379 e. The summed E-state index contributed by atoms with van der Waals surface area (Å²) in [5.41, 5.74) is 1.60. The first-order chi connectivity index (χ1) is 9.14. The fraction of sp³-hybridized carbons (Fsp3) is 0.353. The van der Waals surface area contributed by atoms with Gasteiger partial charge in [-0.1, -0.05) is 49.7 Å². The van der Waals surface area contributed by atoms with Crippen molar-refractivity contribution in [2.45, 2.75) is 38.7 Å². The van der Waals surface area contributed by atoms with Gasteiger partial charge in [0.25, 0.3) is 0 Å². The van der Waals surface area contributed by atoms with Crippen LogP contribution in [0, 0.1) is 0 Å². The topological polar surface area (TPSA) is 33.1 Å². The molecule has 0 saturated heterocycles. The number of hydrogen-bond donors (Lipinski definition) is 1. The Morgan fingerprint density at radius 3 is 2.47 bits per heavy atom. The van der Waals surface area contributed by atoms with E-state index in [4.69, 9.17) is 0 Å². The summed E-state index contributed by atoms with van der Waals surface area (Å²) in [4.78, 5) is 4.61. The second kappa shape index (κ2) is 5.98. The minimum atomic E-state index is -1.04. The van der Waals surface area contributed by atoms with Gasteiger partial charge in [0.05, 0.1) is 5.69 Å². The second-order valence-corrected chi connectivity index (χ2v) is 5.06. The summed E-state index contributed by atoms with van der Waals surface area (Å²) in [5, 5.41) is 10.7. The Bertz CT molecular complexity index is 520. The first-order valence-electron chi connectivity index (χ1n) is 6.89. The van der Waals surface area contributed by atoms with Crippen molar-refractivity contribution in [1.82, 2.24) is 4.98 Å². The maximum absolute atomic E-state index is 10.7. The molecule has 2 rings (SSSR count). The molecule has 1 N–H and O–H groups in total. The molecule has 19 heavy (non-hydrogen) atoms. The summed E-state index contributed by atoms with van der Waals surface area (Å²) in [6, 6.07) is 15.6. The first-order valence-corrected chi connectivity index (χ1v) is 6.89. The van der Waals surface area contributed by atoms with Crippen molar-refractivity contribution >= 4 is 0 Å². The van der Waals surface area contributed by atoms with Crippen LogP contribution < -0.4 is 0 Å². The molecule has 1 heterocycles. The number of hydrogen-bond acceptors (Lipinski definition) is 2. The lowest BCUT2D eigenvalue weighted by Crippen LogP contribution is -2.24. The minimum absolute atomic E-state index is 0.715. The minimum Gasteiger partial charge on any atom is -0.379 e. The van der Waals surface area contributed by atoms with E-state index in [0.717, 1.165) is 30.5 Å². The quantitative estimate of drug-likeness (QED) is 0.884. The average Bonchev–Trinajstić information content (AvgIpc) is 2.46. The van der Waals surface area contributed by atoms with Crippen LogP contribution in [0.5, 0.6) is 0 Å². The average molecular weight is 255 g/mol. The van der Waals surface area contributed by atoms with E-state index >= 15 is 0 Å². The van der Waals surface area contributed by atoms with Gasteiger partial charge in [0.2, 0.25) is 0 Å². The van der Waals surface area contributed by atoms with Gasteiger partial charge in [-0.25, -0.2) is 0 Å². The third-order valence-corrected chi connectivity index (χ3v) is 3.43. The van der Waals surface area contributed by atoms with Gasteiger partial charge < -0.3 is 5.11 Å². The standard InChI is InChI=1S/C17H21NO/c1-3-4-11-15-12-8-13-16(18-15)17(2,19)14-9-6-5-7-10-14/h5-10,12-13,19H,3-4,11H2,1-2H3. The highest BCUT2D eigenvalue weighted by molar-refractivity contribution is 5.31.